The zero-order valence-electron chi connectivity index (χ0n) is 7.10. The zero-order chi connectivity index (χ0) is 9.42. The number of rotatable bonds is 0. The van der Waals surface area contributed by atoms with Crippen molar-refractivity contribution in [2.45, 2.75) is 6.92 Å². The van der Waals surface area contributed by atoms with Gasteiger partial charge in [0.1, 0.15) is 0 Å². The van der Waals surface area contributed by atoms with Gasteiger partial charge in [0.2, 0.25) is 0 Å². The molecule has 3 heteroatoms. The molecule has 0 atom stereocenters. The molecule has 1 aromatic carbocycles. The summed E-state index contributed by atoms with van der Waals surface area (Å²) in [4.78, 5) is 14.4. The largest absolute Gasteiger partial charge is 0.360 e. The summed E-state index contributed by atoms with van der Waals surface area (Å²) in [5.41, 5.74) is 1.70. The molecule has 1 N–H and O–H groups in total. The molecule has 0 aliphatic rings. The maximum atomic E-state index is 11.4. The Balaban J connectivity index is 3.03. The average Bonchev–Trinajstić information content (AvgIpc) is 2.07. The van der Waals surface area contributed by atoms with Gasteiger partial charge in [-0.3, -0.25) is 4.79 Å². The third-order valence-corrected chi connectivity index (χ3v) is 2.26. The predicted octanol–water partition coefficient (Wildman–Crippen LogP) is 2.49. The van der Waals surface area contributed by atoms with Crippen LogP contribution in [0.25, 0.3) is 10.9 Å². The van der Waals surface area contributed by atoms with Gasteiger partial charge in [-0.2, -0.15) is 0 Å². The van der Waals surface area contributed by atoms with Crippen molar-refractivity contribution in [2.24, 2.45) is 0 Å². The lowest BCUT2D eigenvalue weighted by Gasteiger charge is -2.00. The smallest absolute Gasteiger partial charge is 0.189 e. The number of halogens is 1. The highest BCUT2D eigenvalue weighted by atomic mass is 35.5. The minimum atomic E-state index is -0.000602. The molecule has 0 amide bonds. The molecule has 0 saturated carbocycles. The molecule has 0 saturated heterocycles. The summed E-state index contributed by atoms with van der Waals surface area (Å²) in [5.74, 6) is 0. The van der Waals surface area contributed by atoms with Crippen LogP contribution in [0.15, 0.2) is 29.2 Å². The lowest BCUT2D eigenvalue weighted by atomic mass is 10.1. The number of fused-ring (bicyclic) bond motifs is 1. The van der Waals surface area contributed by atoms with Crippen LogP contribution < -0.4 is 5.43 Å². The van der Waals surface area contributed by atoms with Gasteiger partial charge in [-0.1, -0.05) is 11.6 Å². The maximum absolute atomic E-state index is 11.4. The van der Waals surface area contributed by atoms with E-state index in [1.165, 1.54) is 6.07 Å². The van der Waals surface area contributed by atoms with E-state index in [2.05, 4.69) is 4.98 Å². The number of H-pyrrole nitrogens is 1. The van der Waals surface area contributed by atoms with E-state index in [-0.39, 0.29) is 5.43 Å². The fourth-order valence-electron chi connectivity index (χ4n) is 1.37. The number of pyridine rings is 1. The van der Waals surface area contributed by atoms with Crippen LogP contribution in [0, 0.1) is 6.92 Å². The fraction of sp³-hybridized carbons (Fsp3) is 0.100. The minimum absolute atomic E-state index is 0.000602. The molecule has 0 unspecified atom stereocenters. The van der Waals surface area contributed by atoms with Crippen LogP contribution in [-0.4, -0.2) is 4.98 Å². The molecule has 0 bridgehead atoms. The second kappa shape index (κ2) is 2.89. The van der Waals surface area contributed by atoms with Crippen molar-refractivity contribution >= 4 is 22.5 Å². The lowest BCUT2D eigenvalue weighted by Crippen LogP contribution is -2.00. The summed E-state index contributed by atoms with van der Waals surface area (Å²) in [7, 11) is 0. The molecule has 0 fully saturated rings. The Labute approximate surface area is 80.2 Å². The molecule has 13 heavy (non-hydrogen) atoms. The van der Waals surface area contributed by atoms with E-state index >= 15 is 0 Å². The minimum Gasteiger partial charge on any atom is -0.360 e. The maximum Gasteiger partial charge on any atom is 0.189 e. The van der Waals surface area contributed by atoms with Gasteiger partial charge in [0, 0.05) is 17.6 Å². The van der Waals surface area contributed by atoms with Crippen molar-refractivity contribution in [1.29, 1.82) is 0 Å². The molecule has 66 valence electrons. The molecule has 0 aliphatic heterocycles. The van der Waals surface area contributed by atoms with Crippen molar-refractivity contribution < 1.29 is 0 Å². The van der Waals surface area contributed by atoms with Crippen LogP contribution in [0.5, 0.6) is 0 Å². The van der Waals surface area contributed by atoms with Gasteiger partial charge in [0.25, 0.3) is 0 Å². The Morgan fingerprint density at radius 1 is 1.38 bits per heavy atom. The van der Waals surface area contributed by atoms with Gasteiger partial charge < -0.3 is 4.98 Å². The Hall–Kier alpha value is -1.28. The molecule has 2 aromatic rings. The summed E-state index contributed by atoms with van der Waals surface area (Å²) in [6.07, 6.45) is 1.60. The highest BCUT2D eigenvalue weighted by Gasteiger charge is 2.02. The van der Waals surface area contributed by atoms with Crippen molar-refractivity contribution in [3.05, 3.63) is 45.2 Å². The van der Waals surface area contributed by atoms with Gasteiger partial charge in [0.05, 0.1) is 10.5 Å². The van der Waals surface area contributed by atoms with Crippen LogP contribution in [0.3, 0.4) is 0 Å². The van der Waals surface area contributed by atoms with Crippen molar-refractivity contribution in [2.75, 3.05) is 0 Å². The number of aromatic amines is 1. The van der Waals surface area contributed by atoms with Gasteiger partial charge in [-0.25, -0.2) is 0 Å². The second-order valence-corrected chi connectivity index (χ2v) is 3.42. The van der Waals surface area contributed by atoms with Crippen molar-refractivity contribution in [1.82, 2.24) is 4.98 Å². The van der Waals surface area contributed by atoms with E-state index in [0.29, 0.717) is 15.9 Å². The Bertz CT molecular complexity index is 516. The highest BCUT2D eigenvalue weighted by Crippen LogP contribution is 2.20. The summed E-state index contributed by atoms with van der Waals surface area (Å²) in [5, 5.41) is 1.24. The predicted molar refractivity (Wildman–Crippen MR) is 54.3 cm³/mol. The molecule has 1 aromatic heterocycles. The van der Waals surface area contributed by atoms with Gasteiger partial charge in [0.15, 0.2) is 5.43 Å². The first-order chi connectivity index (χ1) is 6.18. The van der Waals surface area contributed by atoms with E-state index in [9.17, 15) is 4.79 Å². The molecule has 1 heterocycles. The molecular weight excluding hydrogens is 186 g/mol. The van der Waals surface area contributed by atoms with Gasteiger partial charge in [-0.15, -0.1) is 0 Å². The van der Waals surface area contributed by atoms with E-state index < -0.39 is 0 Å². The monoisotopic (exact) mass is 193 g/mol. The Kier molecular flexibility index (Phi) is 1.85. The van der Waals surface area contributed by atoms with E-state index in [1.807, 2.05) is 19.1 Å². The van der Waals surface area contributed by atoms with Crippen LogP contribution in [0.1, 0.15) is 5.56 Å². The number of hydrogen-bond donors (Lipinski definition) is 1. The number of benzene rings is 1. The summed E-state index contributed by atoms with van der Waals surface area (Å²) < 4.78 is 0. The van der Waals surface area contributed by atoms with Crippen LogP contribution >= 0.6 is 11.6 Å². The van der Waals surface area contributed by atoms with E-state index in [4.69, 9.17) is 11.6 Å². The van der Waals surface area contributed by atoms with Gasteiger partial charge >= 0.3 is 0 Å². The summed E-state index contributed by atoms with van der Waals surface area (Å²) >= 11 is 5.96. The van der Waals surface area contributed by atoms with Crippen LogP contribution in [-0.2, 0) is 0 Å². The molecular formula is C10H8ClNO. The number of nitrogens with one attached hydrogen (secondary N) is 1. The van der Waals surface area contributed by atoms with Crippen LogP contribution in [0.2, 0.25) is 5.02 Å². The highest BCUT2D eigenvalue weighted by molar-refractivity contribution is 6.35. The summed E-state index contributed by atoms with van der Waals surface area (Å²) in [6.45, 7) is 1.91. The molecule has 0 radical (unpaired) electrons. The molecule has 0 spiro atoms. The van der Waals surface area contributed by atoms with Crippen LogP contribution in [0.4, 0.5) is 0 Å². The Morgan fingerprint density at radius 3 is 2.92 bits per heavy atom. The summed E-state index contributed by atoms with van der Waals surface area (Å²) in [6, 6.07) is 5.16. The lowest BCUT2D eigenvalue weighted by molar-refractivity contribution is 1.37. The molecule has 0 aliphatic carbocycles. The fourth-order valence-corrected chi connectivity index (χ4v) is 1.70. The normalized spacial score (nSPS) is 10.6. The topological polar surface area (TPSA) is 32.9 Å². The Morgan fingerprint density at radius 2 is 2.15 bits per heavy atom. The van der Waals surface area contributed by atoms with Gasteiger partial charge in [-0.05, 0) is 24.6 Å². The number of hydrogen-bond acceptors (Lipinski definition) is 1. The second-order valence-electron chi connectivity index (χ2n) is 3.01. The first kappa shape index (κ1) is 8.32. The number of aromatic nitrogens is 1. The van der Waals surface area contributed by atoms with E-state index in [0.717, 1.165) is 5.56 Å². The molecule has 2 nitrogen and oxygen atoms in total. The first-order valence-corrected chi connectivity index (χ1v) is 4.34. The van der Waals surface area contributed by atoms with Crippen molar-refractivity contribution in [3.8, 4) is 0 Å². The van der Waals surface area contributed by atoms with Crippen molar-refractivity contribution in [3.63, 3.8) is 0 Å². The quantitative estimate of drug-likeness (QED) is 0.685. The average molecular weight is 194 g/mol. The third kappa shape index (κ3) is 1.33. The zero-order valence-corrected chi connectivity index (χ0v) is 7.85. The van der Waals surface area contributed by atoms with E-state index in [1.54, 1.807) is 6.20 Å². The molecule has 2 rings (SSSR count). The third-order valence-electron chi connectivity index (χ3n) is 1.96. The SMILES string of the molecule is Cc1cc(Cl)c2[nH]ccc(=O)c2c1. The standard InChI is InChI=1S/C10H8ClNO/c1-6-4-7-9(13)2-3-12-10(7)8(11)5-6/h2-5H,1H3,(H,12,13). The first-order valence-electron chi connectivity index (χ1n) is 3.96. The number of aryl methyl sites for hydroxylation is 1.